The van der Waals surface area contributed by atoms with Crippen LogP contribution in [0.4, 0.5) is 11.5 Å². The summed E-state index contributed by atoms with van der Waals surface area (Å²) >= 11 is 5.90. The van der Waals surface area contributed by atoms with Gasteiger partial charge in [0.25, 0.3) is 0 Å². The minimum absolute atomic E-state index is 0.184. The van der Waals surface area contributed by atoms with Crippen LogP contribution < -0.4 is 5.32 Å². The molecule has 0 atom stereocenters. The third-order valence-electron chi connectivity index (χ3n) is 2.77. The fourth-order valence-electron chi connectivity index (χ4n) is 2.09. The molecule has 96 valence electrons. The van der Waals surface area contributed by atoms with Crippen molar-refractivity contribution in [2.75, 3.05) is 5.32 Å². The van der Waals surface area contributed by atoms with E-state index >= 15 is 0 Å². The maximum Gasteiger partial charge on any atom is 0.226 e. The largest absolute Gasteiger partial charge is 0.339 e. The zero-order valence-corrected chi connectivity index (χ0v) is 11.3. The molecule has 0 aliphatic carbocycles. The standard InChI is InChI=1S/C13H12ClN5/c1-7-3-8(2)5-9(4-7)16-11-10-6-15-19-12(10)18-13(14)17-11/h3-6H,1-2H3,(H2,15,16,17,18,19). The Bertz CT molecular complexity index is 730. The smallest absolute Gasteiger partial charge is 0.226 e. The van der Waals surface area contributed by atoms with Crippen LogP contribution in [0.25, 0.3) is 11.0 Å². The SMILES string of the molecule is Cc1cc(C)cc(Nc2nc(Cl)nc3[nH]ncc23)c1. The van der Waals surface area contributed by atoms with Crippen LogP contribution >= 0.6 is 11.6 Å². The molecule has 1 aromatic carbocycles. The van der Waals surface area contributed by atoms with Crippen molar-refractivity contribution in [2.45, 2.75) is 13.8 Å². The number of hydrogen-bond donors (Lipinski definition) is 2. The fourth-order valence-corrected chi connectivity index (χ4v) is 2.26. The number of fused-ring (bicyclic) bond motifs is 1. The number of benzene rings is 1. The summed E-state index contributed by atoms with van der Waals surface area (Å²) in [5.74, 6) is 0.647. The molecular weight excluding hydrogens is 262 g/mol. The number of nitrogens with one attached hydrogen (secondary N) is 2. The molecule has 0 saturated carbocycles. The Labute approximate surface area is 115 Å². The van der Waals surface area contributed by atoms with Gasteiger partial charge in [0.05, 0.1) is 11.6 Å². The van der Waals surface area contributed by atoms with Crippen LogP contribution in [0, 0.1) is 13.8 Å². The second-order valence-electron chi connectivity index (χ2n) is 4.47. The van der Waals surface area contributed by atoms with E-state index < -0.39 is 0 Å². The molecule has 3 aromatic rings. The number of nitrogens with zero attached hydrogens (tertiary/aromatic N) is 3. The first kappa shape index (κ1) is 11.9. The van der Waals surface area contributed by atoms with Gasteiger partial charge in [0, 0.05) is 5.69 Å². The van der Waals surface area contributed by atoms with Crippen molar-refractivity contribution in [1.29, 1.82) is 0 Å². The van der Waals surface area contributed by atoms with Gasteiger partial charge in [-0.05, 0) is 48.7 Å². The molecule has 2 N–H and O–H groups in total. The topological polar surface area (TPSA) is 66.5 Å². The molecule has 2 heterocycles. The molecule has 2 aromatic heterocycles. The van der Waals surface area contributed by atoms with Gasteiger partial charge in [0.1, 0.15) is 5.82 Å². The highest BCUT2D eigenvalue weighted by Crippen LogP contribution is 2.24. The van der Waals surface area contributed by atoms with Crippen LogP contribution in [-0.2, 0) is 0 Å². The number of halogens is 1. The number of aromatic amines is 1. The summed E-state index contributed by atoms with van der Waals surface area (Å²) in [4.78, 5) is 8.28. The lowest BCUT2D eigenvalue weighted by atomic mass is 10.1. The third kappa shape index (κ3) is 2.37. The predicted octanol–water partition coefficient (Wildman–Crippen LogP) is 3.37. The zero-order chi connectivity index (χ0) is 13.4. The van der Waals surface area contributed by atoms with Crippen LogP contribution in [0.15, 0.2) is 24.4 Å². The number of H-pyrrole nitrogens is 1. The highest BCUT2D eigenvalue weighted by atomic mass is 35.5. The molecule has 0 fully saturated rings. The van der Waals surface area contributed by atoms with Crippen molar-refractivity contribution in [2.24, 2.45) is 0 Å². The molecular formula is C13H12ClN5. The van der Waals surface area contributed by atoms with E-state index in [9.17, 15) is 0 Å². The van der Waals surface area contributed by atoms with Crippen molar-refractivity contribution in [3.8, 4) is 0 Å². The summed E-state index contributed by atoms with van der Waals surface area (Å²) in [6.07, 6.45) is 1.68. The first-order valence-corrected chi connectivity index (χ1v) is 6.21. The second-order valence-corrected chi connectivity index (χ2v) is 4.81. The molecule has 0 unspecified atom stereocenters. The van der Waals surface area contributed by atoms with E-state index in [0.717, 1.165) is 11.1 Å². The monoisotopic (exact) mass is 273 g/mol. The lowest BCUT2D eigenvalue weighted by molar-refractivity contribution is 1.09. The van der Waals surface area contributed by atoms with Crippen molar-refractivity contribution >= 4 is 34.1 Å². The quantitative estimate of drug-likeness (QED) is 0.703. The van der Waals surface area contributed by atoms with Crippen molar-refractivity contribution in [3.05, 3.63) is 40.8 Å². The van der Waals surface area contributed by atoms with E-state index in [2.05, 4.69) is 57.5 Å². The number of aromatic nitrogens is 4. The minimum atomic E-state index is 0.184. The van der Waals surface area contributed by atoms with Crippen LogP contribution in [0.5, 0.6) is 0 Å². The number of aryl methyl sites for hydroxylation is 2. The summed E-state index contributed by atoms with van der Waals surface area (Å²) in [6.45, 7) is 4.11. The van der Waals surface area contributed by atoms with Gasteiger partial charge in [-0.2, -0.15) is 15.1 Å². The molecule has 0 spiro atoms. The Hall–Kier alpha value is -2.14. The van der Waals surface area contributed by atoms with E-state index in [1.807, 2.05) is 0 Å². The van der Waals surface area contributed by atoms with Gasteiger partial charge < -0.3 is 5.32 Å². The summed E-state index contributed by atoms with van der Waals surface area (Å²) in [5.41, 5.74) is 3.96. The Balaban J connectivity index is 2.07. The van der Waals surface area contributed by atoms with Gasteiger partial charge in [-0.3, -0.25) is 5.10 Å². The maximum atomic E-state index is 5.90. The van der Waals surface area contributed by atoms with Gasteiger partial charge in [-0.25, -0.2) is 0 Å². The molecule has 0 amide bonds. The first-order valence-electron chi connectivity index (χ1n) is 5.84. The van der Waals surface area contributed by atoms with Crippen molar-refractivity contribution in [3.63, 3.8) is 0 Å². The fraction of sp³-hybridized carbons (Fsp3) is 0.154. The van der Waals surface area contributed by atoms with Crippen molar-refractivity contribution in [1.82, 2.24) is 20.2 Å². The third-order valence-corrected chi connectivity index (χ3v) is 2.94. The highest BCUT2D eigenvalue weighted by Gasteiger charge is 2.08. The summed E-state index contributed by atoms with van der Waals surface area (Å²) in [5, 5.41) is 11.0. The van der Waals surface area contributed by atoms with Crippen LogP contribution in [0.3, 0.4) is 0 Å². The van der Waals surface area contributed by atoms with Gasteiger partial charge in [-0.15, -0.1) is 0 Å². The molecule has 3 rings (SSSR count). The summed E-state index contributed by atoms with van der Waals surface area (Å²) in [6, 6.07) is 6.22. The maximum absolute atomic E-state index is 5.90. The van der Waals surface area contributed by atoms with Crippen LogP contribution in [0.2, 0.25) is 5.28 Å². The lowest BCUT2D eigenvalue weighted by Crippen LogP contribution is -1.97. The molecule has 0 aliphatic heterocycles. The van der Waals surface area contributed by atoms with Crippen molar-refractivity contribution < 1.29 is 0 Å². The summed E-state index contributed by atoms with van der Waals surface area (Å²) in [7, 11) is 0. The summed E-state index contributed by atoms with van der Waals surface area (Å²) < 4.78 is 0. The Morgan fingerprint density at radius 2 is 1.84 bits per heavy atom. The Morgan fingerprint density at radius 1 is 1.11 bits per heavy atom. The number of anilines is 2. The van der Waals surface area contributed by atoms with Gasteiger partial charge in [0.2, 0.25) is 5.28 Å². The molecule has 0 aliphatic rings. The molecule has 0 saturated heterocycles. The zero-order valence-electron chi connectivity index (χ0n) is 10.5. The molecule has 0 bridgehead atoms. The normalized spacial score (nSPS) is 10.9. The lowest BCUT2D eigenvalue weighted by Gasteiger charge is -2.08. The van der Waals surface area contributed by atoms with Crippen LogP contribution in [0.1, 0.15) is 11.1 Å². The number of hydrogen-bond acceptors (Lipinski definition) is 4. The molecule has 5 nitrogen and oxygen atoms in total. The highest BCUT2D eigenvalue weighted by molar-refractivity contribution is 6.28. The minimum Gasteiger partial charge on any atom is -0.339 e. The van der Waals surface area contributed by atoms with E-state index in [1.165, 1.54) is 11.1 Å². The predicted molar refractivity (Wildman–Crippen MR) is 75.9 cm³/mol. The van der Waals surface area contributed by atoms with Gasteiger partial charge in [0.15, 0.2) is 5.65 Å². The second kappa shape index (κ2) is 4.51. The first-order chi connectivity index (χ1) is 9.11. The van der Waals surface area contributed by atoms with Gasteiger partial charge in [-0.1, -0.05) is 6.07 Å². The average molecular weight is 274 g/mol. The van der Waals surface area contributed by atoms with E-state index in [4.69, 9.17) is 11.6 Å². The number of rotatable bonds is 2. The Morgan fingerprint density at radius 3 is 2.58 bits per heavy atom. The molecule has 6 heteroatoms. The van der Waals surface area contributed by atoms with E-state index in [0.29, 0.717) is 11.5 Å². The molecule has 0 radical (unpaired) electrons. The van der Waals surface area contributed by atoms with Gasteiger partial charge >= 0.3 is 0 Å². The average Bonchev–Trinajstić information content (AvgIpc) is 2.75. The van der Waals surface area contributed by atoms with Crippen LogP contribution in [-0.4, -0.2) is 20.2 Å². The van der Waals surface area contributed by atoms with E-state index in [1.54, 1.807) is 6.20 Å². The molecule has 19 heavy (non-hydrogen) atoms. The van der Waals surface area contributed by atoms with E-state index in [-0.39, 0.29) is 5.28 Å². The Kier molecular flexibility index (Phi) is 2.83.